The average molecular weight is 246 g/mol. The van der Waals surface area contributed by atoms with Gasteiger partial charge in [-0.2, -0.15) is 0 Å². The molecule has 2 atom stereocenters. The molecule has 1 saturated carbocycles. The second-order valence-electron chi connectivity index (χ2n) is 5.49. The summed E-state index contributed by atoms with van der Waals surface area (Å²) in [5.41, 5.74) is 9.08. The van der Waals surface area contributed by atoms with E-state index >= 15 is 0 Å². The number of benzene rings is 1. The van der Waals surface area contributed by atoms with Gasteiger partial charge in [0.1, 0.15) is 0 Å². The molecule has 1 aliphatic rings. The smallest absolute Gasteiger partial charge is 0.0501 e. The molecule has 0 saturated heterocycles. The van der Waals surface area contributed by atoms with E-state index < -0.39 is 0 Å². The fraction of sp³-hybridized carbons (Fsp3) is 0.625. The Morgan fingerprint density at radius 1 is 1.22 bits per heavy atom. The first-order valence-corrected chi connectivity index (χ1v) is 7.25. The van der Waals surface area contributed by atoms with Crippen molar-refractivity contribution in [2.24, 2.45) is 5.73 Å². The van der Waals surface area contributed by atoms with Crippen molar-refractivity contribution in [2.75, 3.05) is 6.54 Å². The Morgan fingerprint density at radius 3 is 2.28 bits per heavy atom. The minimum atomic E-state index is 0.230. The van der Waals surface area contributed by atoms with E-state index in [-0.39, 0.29) is 6.04 Å². The van der Waals surface area contributed by atoms with Crippen LogP contribution in [0, 0.1) is 6.92 Å². The summed E-state index contributed by atoms with van der Waals surface area (Å²) in [6.07, 6.45) is 3.71. The van der Waals surface area contributed by atoms with Gasteiger partial charge in [-0.05, 0) is 38.3 Å². The van der Waals surface area contributed by atoms with Crippen LogP contribution in [0.5, 0.6) is 0 Å². The van der Waals surface area contributed by atoms with Crippen LogP contribution in [0.2, 0.25) is 0 Å². The van der Waals surface area contributed by atoms with Gasteiger partial charge in [0.2, 0.25) is 0 Å². The van der Waals surface area contributed by atoms with E-state index in [0.29, 0.717) is 6.04 Å². The van der Waals surface area contributed by atoms with E-state index in [2.05, 4.69) is 49.9 Å². The van der Waals surface area contributed by atoms with Crippen LogP contribution >= 0.6 is 0 Å². The molecule has 2 unspecified atom stereocenters. The summed E-state index contributed by atoms with van der Waals surface area (Å²) in [7, 11) is 0. The van der Waals surface area contributed by atoms with Crippen molar-refractivity contribution in [2.45, 2.75) is 58.2 Å². The molecule has 2 heteroatoms. The van der Waals surface area contributed by atoms with Crippen LogP contribution in [-0.2, 0) is 0 Å². The molecule has 0 amide bonds. The minimum absolute atomic E-state index is 0.230. The Balaban J connectivity index is 2.25. The summed E-state index contributed by atoms with van der Waals surface area (Å²) in [5.74, 6) is 0. The van der Waals surface area contributed by atoms with Crippen molar-refractivity contribution in [3.8, 4) is 0 Å². The molecule has 18 heavy (non-hydrogen) atoms. The first-order chi connectivity index (χ1) is 8.67. The van der Waals surface area contributed by atoms with Gasteiger partial charge in [-0.15, -0.1) is 0 Å². The molecule has 0 aromatic heterocycles. The molecule has 1 aromatic rings. The van der Waals surface area contributed by atoms with Gasteiger partial charge >= 0.3 is 0 Å². The maximum atomic E-state index is 6.39. The van der Waals surface area contributed by atoms with Crippen molar-refractivity contribution >= 4 is 0 Å². The summed E-state index contributed by atoms with van der Waals surface area (Å²) < 4.78 is 0. The second kappa shape index (κ2) is 5.85. The molecular weight excluding hydrogens is 220 g/mol. The first-order valence-electron chi connectivity index (χ1n) is 7.25. The highest BCUT2D eigenvalue weighted by atomic mass is 15.2. The number of rotatable bonds is 6. The number of hydrogen-bond donors (Lipinski definition) is 1. The molecular formula is C16H26N2. The van der Waals surface area contributed by atoms with Crippen molar-refractivity contribution in [1.82, 2.24) is 4.90 Å². The lowest BCUT2D eigenvalue weighted by molar-refractivity contribution is 0.168. The zero-order chi connectivity index (χ0) is 13.1. The van der Waals surface area contributed by atoms with Crippen LogP contribution in [0.1, 0.15) is 50.3 Å². The highest BCUT2D eigenvalue weighted by molar-refractivity contribution is 5.26. The Morgan fingerprint density at radius 2 is 1.83 bits per heavy atom. The predicted molar refractivity (Wildman–Crippen MR) is 77.6 cm³/mol. The largest absolute Gasteiger partial charge is 0.326 e. The van der Waals surface area contributed by atoms with Gasteiger partial charge in [0.05, 0.1) is 6.04 Å². The number of hydrogen-bond acceptors (Lipinski definition) is 2. The lowest BCUT2D eigenvalue weighted by Gasteiger charge is -2.35. The lowest BCUT2D eigenvalue weighted by Crippen LogP contribution is -2.42. The third-order valence-corrected chi connectivity index (χ3v) is 4.03. The molecule has 0 heterocycles. The van der Waals surface area contributed by atoms with Crippen LogP contribution in [0.4, 0.5) is 0 Å². The monoisotopic (exact) mass is 246 g/mol. The fourth-order valence-electron chi connectivity index (χ4n) is 2.76. The molecule has 0 aliphatic heterocycles. The third-order valence-electron chi connectivity index (χ3n) is 4.03. The van der Waals surface area contributed by atoms with Crippen molar-refractivity contribution < 1.29 is 0 Å². The number of nitrogens with zero attached hydrogens (tertiary/aromatic N) is 1. The van der Waals surface area contributed by atoms with Gasteiger partial charge in [0.25, 0.3) is 0 Å². The second-order valence-corrected chi connectivity index (χ2v) is 5.49. The van der Waals surface area contributed by atoms with Gasteiger partial charge in [-0.1, -0.05) is 43.7 Å². The molecule has 0 spiro atoms. The van der Waals surface area contributed by atoms with Crippen molar-refractivity contribution in [3.63, 3.8) is 0 Å². The lowest BCUT2D eigenvalue weighted by atomic mass is 9.95. The quantitative estimate of drug-likeness (QED) is 0.835. The summed E-state index contributed by atoms with van der Waals surface area (Å²) >= 11 is 0. The van der Waals surface area contributed by atoms with Crippen molar-refractivity contribution in [1.29, 1.82) is 0 Å². The van der Waals surface area contributed by atoms with Crippen molar-refractivity contribution in [3.05, 3.63) is 35.4 Å². The standard InChI is InChI=1S/C16H26N2/c1-4-15(17)16(18(5-2)14-10-11-14)13-8-6-12(3)7-9-13/h6-9,14-16H,4-5,10-11,17H2,1-3H3. The van der Waals surface area contributed by atoms with Crippen LogP contribution in [0.25, 0.3) is 0 Å². The van der Waals surface area contributed by atoms with Gasteiger partial charge in [0.15, 0.2) is 0 Å². The Kier molecular flexibility index (Phi) is 4.41. The molecule has 2 N–H and O–H groups in total. The summed E-state index contributed by atoms with van der Waals surface area (Å²) in [6.45, 7) is 7.67. The van der Waals surface area contributed by atoms with E-state index in [1.54, 1.807) is 0 Å². The SMILES string of the molecule is CCC(N)C(c1ccc(C)cc1)N(CC)C1CC1. The molecule has 0 bridgehead atoms. The molecule has 1 aliphatic carbocycles. The maximum absolute atomic E-state index is 6.39. The Labute approximate surface area is 111 Å². The van der Waals surface area contributed by atoms with E-state index in [4.69, 9.17) is 5.73 Å². The van der Waals surface area contributed by atoms with Gasteiger partial charge in [-0.3, -0.25) is 4.90 Å². The zero-order valence-electron chi connectivity index (χ0n) is 11.9. The van der Waals surface area contributed by atoms with Crippen LogP contribution < -0.4 is 5.73 Å². The first kappa shape index (κ1) is 13.6. The topological polar surface area (TPSA) is 29.3 Å². The van der Waals surface area contributed by atoms with Crippen LogP contribution in [0.15, 0.2) is 24.3 Å². The Bertz CT molecular complexity index is 367. The maximum Gasteiger partial charge on any atom is 0.0501 e. The number of nitrogens with two attached hydrogens (primary N) is 1. The molecule has 0 radical (unpaired) electrons. The zero-order valence-corrected chi connectivity index (χ0v) is 11.9. The van der Waals surface area contributed by atoms with E-state index in [0.717, 1.165) is 19.0 Å². The minimum Gasteiger partial charge on any atom is -0.326 e. The van der Waals surface area contributed by atoms with E-state index in [1.807, 2.05) is 0 Å². The molecule has 1 aromatic carbocycles. The van der Waals surface area contributed by atoms with Crippen LogP contribution in [-0.4, -0.2) is 23.5 Å². The predicted octanol–water partition coefficient (Wildman–Crippen LogP) is 3.26. The summed E-state index contributed by atoms with van der Waals surface area (Å²) in [5, 5.41) is 0. The average Bonchev–Trinajstić information content (AvgIpc) is 3.21. The fourth-order valence-corrected chi connectivity index (χ4v) is 2.76. The number of aryl methyl sites for hydroxylation is 1. The van der Waals surface area contributed by atoms with Gasteiger partial charge < -0.3 is 5.73 Å². The molecule has 2 rings (SSSR count). The third kappa shape index (κ3) is 2.93. The van der Waals surface area contributed by atoms with E-state index in [1.165, 1.54) is 24.0 Å². The molecule has 1 fully saturated rings. The van der Waals surface area contributed by atoms with E-state index in [9.17, 15) is 0 Å². The highest BCUT2D eigenvalue weighted by Crippen LogP contribution is 2.36. The summed E-state index contributed by atoms with van der Waals surface area (Å²) in [4.78, 5) is 2.60. The normalized spacial score (nSPS) is 18.9. The highest BCUT2D eigenvalue weighted by Gasteiger charge is 2.35. The molecule has 2 nitrogen and oxygen atoms in total. The summed E-state index contributed by atoms with van der Waals surface area (Å²) in [6, 6.07) is 10.3. The van der Waals surface area contributed by atoms with Gasteiger partial charge in [0, 0.05) is 12.1 Å². The molecule has 100 valence electrons. The van der Waals surface area contributed by atoms with Gasteiger partial charge in [-0.25, -0.2) is 0 Å². The number of likely N-dealkylation sites (N-methyl/N-ethyl adjacent to an activating group) is 1. The Hall–Kier alpha value is -0.860. The van der Waals surface area contributed by atoms with Crippen LogP contribution in [0.3, 0.4) is 0 Å².